The molecule has 1 aromatic heterocycles. The topological polar surface area (TPSA) is 187 Å². The molecule has 6 N–H and O–H groups in total. The molecule has 0 aliphatic rings. The Balaban J connectivity index is 3.10. The molecule has 1 heterocycles. The second kappa shape index (κ2) is 7.89. The Morgan fingerprint density at radius 1 is 0.667 bits per heavy atom. The maximum atomic E-state index is 10.9. The molecule has 0 bridgehead atoms. The number of carboxylic acid groups (broad SMARTS) is 3. The van der Waals surface area contributed by atoms with Gasteiger partial charge in [-0.1, -0.05) is 0 Å². The summed E-state index contributed by atoms with van der Waals surface area (Å²) in [6, 6.07) is -3.08. The van der Waals surface area contributed by atoms with Crippen molar-refractivity contribution >= 4 is 35.8 Å². The monoisotopic (exact) mass is 342 g/mol. The Morgan fingerprint density at radius 2 is 0.875 bits per heavy atom. The highest BCUT2D eigenvalue weighted by molar-refractivity contribution is 5.78. The lowest BCUT2D eigenvalue weighted by atomic mass is 10.3. The van der Waals surface area contributed by atoms with Gasteiger partial charge in [0.25, 0.3) is 0 Å². The van der Waals surface area contributed by atoms with Crippen molar-refractivity contribution in [2.75, 3.05) is 16.0 Å². The van der Waals surface area contributed by atoms with Crippen molar-refractivity contribution < 1.29 is 29.7 Å². The van der Waals surface area contributed by atoms with Crippen molar-refractivity contribution in [3.8, 4) is 0 Å². The summed E-state index contributed by atoms with van der Waals surface area (Å²) >= 11 is 0. The zero-order chi connectivity index (χ0) is 18.4. The Bertz CT molecular complexity index is 540. The van der Waals surface area contributed by atoms with E-state index in [0.717, 1.165) is 0 Å². The van der Waals surface area contributed by atoms with Crippen molar-refractivity contribution in [2.24, 2.45) is 0 Å². The van der Waals surface area contributed by atoms with Crippen molar-refractivity contribution in [3.05, 3.63) is 0 Å². The van der Waals surface area contributed by atoms with E-state index >= 15 is 0 Å². The first-order valence-electron chi connectivity index (χ1n) is 6.84. The largest absolute Gasteiger partial charge is 0.480 e. The number of nitrogens with zero attached hydrogens (tertiary/aromatic N) is 3. The number of hydrogen-bond acceptors (Lipinski definition) is 9. The summed E-state index contributed by atoms with van der Waals surface area (Å²) in [4.78, 5) is 44.3. The molecule has 1 aromatic rings. The first-order valence-corrected chi connectivity index (χ1v) is 6.84. The van der Waals surface area contributed by atoms with Crippen LogP contribution in [0.2, 0.25) is 0 Å². The molecule has 0 spiro atoms. The molecule has 12 nitrogen and oxygen atoms in total. The molecule has 0 saturated heterocycles. The van der Waals surface area contributed by atoms with Gasteiger partial charge in [0.05, 0.1) is 0 Å². The van der Waals surface area contributed by atoms with Crippen LogP contribution in [0.25, 0.3) is 0 Å². The predicted molar refractivity (Wildman–Crippen MR) is 82.0 cm³/mol. The lowest BCUT2D eigenvalue weighted by Crippen LogP contribution is -2.30. The normalized spacial score (nSPS) is 14.1. The van der Waals surface area contributed by atoms with Crippen LogP contribution in [0.15, 0.2) is 0 Å². The first kappa shape index (κ1) is 18.9. The second-order valence-corrected chi connectivity index (χ2v) is 4.92. The molecule has 0 aromatic carbocycles. The first-order chi connectivity index (χ1) is 11.1. The smallest absolute Gasteiger partial charge is 0.325 e. The third-order valence-electron chi connectivity index (χ3n) is 2.78. The third-order valence-corrected chi connectivity index (χ3v) is 2.78. The van der Waals surface area contributed by atoms with Gasteiger partial charge in [-0.2, -0.15) is 15.0 Å². The van der Waals surface area contributed by atoms with Crippen LogP contribution in [0, 0.1) is 0 Å². The highest BCUT2D eigenvalue weighted by Crippen LogP contribution is 2.12. The highest BCUT2D eigenvalue weighted by atomic mass is 16.4. The summed E-state index contributed by atoms with van der Waals surface area (Å²) in [5, 5.41) is 34.2. The number of nitrogens with one attached hydrogen (secondary N) is 3. The van der Waals surface area contributed by atoms with Crippen molar-refractivity contribution in [3.63, 3.8) is 0 Å². The number of hydrogen-bond donors (Lipinski definition) is 6. The van der Waals surface area contributed by atoms with Gasteiger partial charge < -0.3 is 31.3 Å². The van der Waals surface area contributed by atoms with E-state index in [4.69, 9.17) is 15.3 Å². The molecule has 0 radical (unpaired) electrons. The molecule has 132 valence electrons. The van der Waals surface area contributed by atoms with E-state index in [0.29, 0.717) is 0 Å². The summed E-state index contributed by atoms with van der Waals surface area (Å²) in [6.07, 6.45) is 0. The molecular formula is C12H18N6O6. The summed E-state index contributed by atoms with van der Waals surface area (Å²) in [5.41, 5.74) is 0. The lowest BCUT2D eigenvalue weighted by molar-refractivity contribution is -0.138. The average Bonchev–Trinajstić information content (AvgIpc) is 2.46. The number of anilines is 3. The summed E-state index contributed by atoms with van der Waals surface area (Å²) in [5.74, 6) is -3.92. The zero-order valence-electron chi connectivity index (χ0n) is 13.1. The molecule has 0 aliphatic heterocycles. The second-order valence-electron chi connectivity index (χ2n) is 4.92. The fourth-order valence-electron chi connectivity index (χ4n) is 1.34. The number of aromatic nitrogens is 3. The van der Waals surface area contributed by atoms with Gasteiger partial charge in [-0.15, -0.1) is 0 Å². The lowest BCUT2D eigenvalue weighted by Gasteiger charge is -2.15. The number of rotatable bonds is 9. The summed E-state index contributed by atoms with van der Waals surface area (Å²) < 4.78 is 0. The Morgan fingerprint density at radius 3 is 1.04 bits per heavy atom. The molecule has 24 heavy (non-hydrogen) atoms. The minimum atomic E-state index is -1.16. The Hall–Kier alpha value is -3.18. The van der Waals surface area contributed by atoms with Crippen molar-refractivity contribution in [2.45, 2.75) is 38.9 Å². The molecule has 0 fully saturated rings. The molecule has 0 aliphatic carbocycles. The standard InChI is InChI=1S/C12H18N6O6/c1-4(7(19)20)13-10-16-11(14-5(2)8(21)22)18-12(17-10)15-6(3)9(23)24/h4-6H,1-3H3,(H,19,20)(H,21,22)(H,23,24)(H3,13,14,15,16,17,18). The van der Waals surface area contributed by atoms with Gasteiger partial charge >= 0.3 is 17.9 Å². The van der Waals surface area contributed by atoms with Gasteiger partial charge in [-0.3, -0.25) is 14.4 Å². The number of carbonyl (C=O) groups is 3. The quantitative estimate of drug-likeness (QED) is 0.339. The van der Waals surface area contributed by atoms with Crippen LogP contribution in [0.4, 0.5) is 17.8 Å². The third kappa shape index (κ3) is 5.55. The van der Waals surface area contributed by atoms with E-state index in [1.165, 1.54) is 20.8 Å². The minimum absolute atomic E-state index is 0.153. The number of carboxylic acids is 3. The van der Waals surface area contributed by atoms with Crippen LogP contribution in [0.3, 0.4) is 0 Å². The van der Waals surface area contributed by atoms with E-state index in [1.54, 1.807) is 0 Å². The van der Waals surface area contributed by atoms with Gasteiger partial charge in [0, 0.05) is 0 Å². The number of aliphatic carboxylic acids is 3. The van der Waals surface area contributed by atoms with Gasteiger partial charge in [-0.25, -0.2) is 0 Å². The molecule has 0 amide bonds. The maximum absolute atomic E-state index is 10.9. The molecule has 3 atom stereocenters. The van der Waals surface area contributed by atoms with Crippen molar-refractivity contribution in [1.29, 1.82) is 0 Å². The van der Waals surface area contributed by atoms with Gasteiger partial charge in [0.1, 0.15) is 18.1 Å². The Labute approximate surface area is 136 Å². The van der Waals surface area contributed by atoms with Gasteiger partial charge in [0.15, 0.2) is 0 Å². The van der Waals surface area contributed by atoms with E-state index < -0.39 is 36.0 Å². The van der Waals surface area contributed by atoms with Crippen LogP contribution >= 0.6 is 0 Å². The average molecular weight is 342 g/mol. The van der Waals surface area contributed by atoms with E-state index in [2.05, 4.69) is 30.9 Å². The zero-order valence-corrected chi connectivity index (χ0v) is 13.1. The summed E-state index contributed by atoms with van der Waals surface area (Å²) in [7, 11) is 0. The fourth-order valence-corrected chi connectivity index (χ4v) is 1.34. The van der Waals surface area contributed by atoms with E-state index in [9.17, 15) is 14.4 Å². The van der Waals surface area contributed by atoms with Crippen LogP contribution in [0.5, 0.6) is 0 Å². The SMILES string of the molecule is CC(Nc1nc(NC(C)C(=O)O)nc(NC(C)C(=O)O)n1)C(=O)O. The van der Waals surface area contributed by atoms with Crippen LogP contribution in [-0.2, 0) is 14.4 Å². The predicted octanol–water partition coefficient (Wildman–Crippen LogP) is -0.473. The van der Waals surface area contributed by atoms with Gasteiger partial charge in [-0.05, 0) is 20.8 Å². The summed E-state index contributed by atoms with van der Waals surface area (Å²) in [6.45, 7) is 4.06. The van der Waals surface area contributed by atoms with Crippen LogP contribution < -0.4 is 16.0 Å². The molecule has 3 unspecified atom stereocenters. The molecule has 1 rings (SSSR count). The van der Waals surface area contributed by atoms with Crippen molar-refractivity contribution in [1.82, 2.24) is 15.0 Å². The van der Waals surface area contributed by atoms with Gasteiger partial charge in [0.2, 0.25) is 17.8 Å². The molecule has 12 heteroatoms. The highest BCUT2D eigenvalue weighted by Gasteiger charge is 2.18. The van der Waals surface area contributed by atoms with Crippen LogP contribution in [-0.4, -0.2) is 66.3 Å². The van der Waals surface area contributed by atoms with E-state index in [1.807, 2.05) is 0 Å². The minimum Gasteiger partial charge on any atom is -0.480 e. The maximum Gasteiger partial charge on any atom is 0.325 e. The van der Waals surface area contributed by atoms with Crippen LogP contribution in [0.1, 0.15) is 20.8 Å². The Kier molecular flexibility index (Phi) is 6.21. The molecule has 0 saturated carbocycles. The van der Waals surface area contributed by atoms with E-state index in [-0.39, 0.29) is 17.8 Å². The fraction of sp³-hybridized carbons (Fsp3) is 0.500. The molecular weight excluding hydrogens is 324 g/mol.